The van der Waals surface area contributed by atoms with Crippen molar-refractivity contribution < 1.29 is 22.9 Å². The van der Waals surface area contributed by atoms with Crippen LogP contribution in [0.1, 0.15) is 17.2 Å². The van der Waals surface area contributed by atoms with Crippen molar-refractivity contribution in [2.24, 2.45) is 0 Å². The summed E-state index contributed by atoms with van der Waals surface area (Å²) in [6.45, 7) is 0.877. The lowest BCUT2D eigenvalue weighted by atomic mass is 9.97. The molecule has 1 aliphatic rings. The highest BCUT2D eigenvalue weighted by Gasteiger charge is 2.21. The van der Waals surface area contributed by atoms with Gasteiger partial charge in [0.05, 0.1) is 6.61 Å². The molecule has 0 radical (unpaired) electrons. The van der Waals surface area contributed by atoms with Gasteiger partial charge in [-0.25, -0.2) is 4.39 Å². The Hall–Kier alpha value is -2.58. The summed E-state index contributed by atoms with van der Waals surface area (Å²) in [4.78, 5) is 23.9. The zero-order valence-corrected chi connectivity index (χ0v) is 16.0. The molecule has 0 aliphatic carbocycles. The van der Waals surface area contributed by atoms with Crippen molar-refractivity contribution in [3.63, 3.8) is 0 Å². The van der Waals surface area contributed by atoms with Crippen LogP contribution in [0, 0.1) is 5.82 Å². The van der Waals surface area contributed by atoms with Crippen molar-refractivity contribution in [3.05, 3.63) is 65.5 Å². The molecular formula is C20H21FN2O4S. The van der Waals surface area contributed by atoms with Gasteiger partial charge in [0, 0.05) is 23.0 Å². The fourth-order valence-electron chi connectivity index (χ4n) is 2.98. The van der Waals surface area contributed by atoms with Gasteiger partial charge >= 0.3 is 0 Å². The Bertz CT molecular complexity index is 873. The molecule has 2 atom stereocenters. The van der Waals surface area contributed by atoms with E-state index in [-0.39, 0.29) is 24.2 Å². The molecule has 0 aromatic heterocycles. The number of benzene rings is 2. The van der Waals surface area contributed by atoms with Gasteiger partial charge in [-0.15, -0.1) is 0 Å². The molecule has 2 aromatic rings. The van der Waals surface area contributed by atoms with E-state index >= 15 is 0 Å². The monoisotopic (exact) mass is 404 g/mol. The maximum atomic E-state index is 12.9. The lowest BCUT2D eigenvalue weighted by Crippen LogP contribution is -2.35. The molecule has 6 nitrogen and oxygen atoms in total. The second kappa shape index (κ2) is 9.57. The predicted octanol–water partition coefficient (Wildman–Crippen LogP) is 1.94. The van der Waals surface area contributed by atoms with Crippen LogP contribution in [-0.2, 0) is 31.5 Å². The highest BCUT2D eigenvalue weighted by atomic mass is 32.2. The highest BCUT2D eigenvalue weighted by Crippen LogP contribution is 2.26. The third-order valence-corrected chi connectivity index (χ3v) is 5.46. The van der Waals surface area contributed by atoms with Crippen LogP contribution in [0.5, 0.6) is 0 Å². The third kappa shape index (κ3) is 5.71. The number of ether oxygens (including phenoxy) is 1. The summed E-state index contributed by atoms with van der Waals surface area (Å²) in [5, 5.41) is 5.24. The number of carbonyl (C=O) groups excluding carboxylic acids is 2. The molecule has 8 heteroatoms. The van der Waals surface area contributed by atoms with Crippen LogP contribution in [0.4, 0.5) is 10.1 Å². The molecule has 2 N–H and O–H groups in total. The molecule has 0 fully saturated rings. The third-order valence-electron chi connectivity index (χ3n) is 4.29. The smallest absolute Gasteiger partial charge is 0.237 e. The summed E-state index contributed by atoms with van der Waals surface area (Å²) in [5.41, 5.74) is 2.66. The van der Waals surface area contributed by atoms with Crippen LogP contribution < -0.4 is 10.6 Å². The van der Waals surface area contributed by atoms with Crippen LogP contribution in [0.25, 0.3) is 0 Å². The Morgan fingerprint density at radius 2 is 1.79 bits per heavy atom. The maximum Gasteiger partial charge on any atom is 0.237 e. The summed E-state index contributed by atoms with van der Waals surface area (Å²) < 4.78 is 30.6. The van der Waals surface area contributed by atoms with E-state index in [1.54, 1.807) is 0 Å². The average Bonchev–Trinajstić information content (AvgIpc) is 2.68. The molecule has 1 aliphatic heterocycles. The first-order valence-corrected chi connectivity index (χ1v) is 10.4. The zero-order valence-electron chi connectivity index (χ0n) is 15.2. The van der Waals surface area contributed by atoms with Crippen LogP contribution in [0.2, 0.25) is 0 Å². The first-order valence-electron chi connectivity index (χ1n) is 8.88. The van der Waals surface area contributed by atoms with Gasteiger partial charge in [-0.3, -0.25) is 13.8 Å². The quantitative estimate of drug-likeness (QED) is 0.739. The van der Waals surface area contributed by atoms with Gasteiger partial charge in [0.2, 0.25) is 11.8 Å². The Kier molecular flexibility index (Phi) is 6.89. The van der Waals surface area contributed by atoms with E-state index in [9.17, 15) is 18.2 Å². The number of rotatable bonds is 7. The number of hydrogen-bond acceptors (Lipinski definition) is 4. The van der Waals surface area contributed by atoms with Gasteiger partial charge < -0.3 is 15.4 Å². The fourth-order valence-corrected chi connectivity index (χ4v) is 3.84. The molecule has 0 saturated carbocycles. The number of hydrogen-bond donors (Lipinski definition) is 2. The minimum Gasteiger partial charge on any atom is -0.371 e. The van der Waals surface area contributed by atoms with E-state index in [0.29, 0.717) is 12.3 Å². The van der Waals surface area contributed by atoms with Gasteiger partial charge in [0.15, 0.2) is 0 Å². The van der Waals surface area contributed by atoms with Gasteiger partial charge in [-0.2, -0.15) is 0 Å². The van der Waals surface area contributed by atoms with Crippen molar-refractivity contribution in [2.45, 2.75) is 12.5 Å². The lowest BCUT2D eigenvalue weighted by molar-refractivity contribution is -0.119. The second-order valence-electron chi connectivity index (χ2n) is 6.40. The van der Waals surface area contributed by atoms with Crippen LogP contribution in [0.15, 0.2) is 48.5 Å². The molecule has 0 spiro atoms. The van der Waals surface area contributed by atoms with Gasteiger partial charge in [-0.05, 0) is 41.8 Å². The molecule has 2 amide bonds. The van der Waals surface area contributed by atoms with E-state index in [2.05, 4.69) is 10.6 Å². The highest BCUT2D eigenvalue weighted by molar-refractivity contribution is 7.86. The van der Waals surface area contributed by atoms with Crippen molar-refractivity contribution in [2.75, 3.05) is 30.0 Å². The summed E-state index contributed by atoms with van der Waals surface area (Å²) >= 11 is 0. The number of carbonyl (C=O) groups is 2. The normalized spacial score (nSPS) is 16.7. The molecule has 2 aromatic carbocycles. The summed E-state index contributed by atoms with van der Waals surface area (Å²) in [6, 6.07) is 13.2. The van der Waals surface area contributed by atoms with E-state index < -0.39 is 28.4 Å². The van der Waals surface area contributed by atoms with Gasteiger partial charge in [-0.1, -0.05) is 24.3 Å². The first kappa shape index (κ1) is 20.2. The Morgan fingerprint density at radius 3 is 2.57 bits per heavy atom. The zero-order chi connectivity index (χ0) is 19.9. The second-order valence-corrected chi connectivity index (χ2v) is 7.85. The number of fused-ring (bicyclic) bond motifs is 1. The standard InChI is InChI=1S/C20H21FN2O4S/c21-15-5-7-16(8-6-15)23-20(25)13-28(26)12-19(24)22-11-18-17-4-2-1-3-14(17)9-10-27-18/h1-8,18H,9-13H2,(H,22,24)(H,23,25)/t18-,28-/m0/s1. The summed E-state index contributed by atoms with van der Waals surface area (Å²) in [5.74, 6) is -1.90. The topological polar surface area (TPSA) is 84.5 Å². The Morgan fingerprint density at radius 1 is 1.07 bits per heavy atom. The van der Waals surface area contributed by atoms with Crippen LogP contribution >= 0.6 is 0 Å². The Balaban J connectivity index is 1.43. The summed E-state index contributed by atoms with van der Waals surface area (Å²) in [6.07, 6.45) is 0.609. The minimum atomic E-state index is -1.65. The number of amides is 2. The SMILES string of the molecule is O=C(C[S@](=O)CC(=O)Nc1ccc(F)cc1)NC[C@@H]1OCCc2ccccc21. The molecule has 0 unspecified atom stereocenters. The van der Waals surface area contributed by atoms with Crippen molar-refractivity contribution >= 4 is 28.3 Å². The maximum absolute atomic E-state index is 12.9. The van der Waals surface area contributed by atoms with Crippen molar-refractivity contribution in [1.82, 2.24) is 5.32 Å². The lowest BCUT2D eigenvalue weighted by Gasteiger charge is -2.26. The van der Waals surface area contributed by atoms with E-state index in [1.807, 2.05) is 24.3 Å². The minimum absolute atomic E-state index is 0.232. The van der Waals surface area contributed by atoms with E-state index in [4.69, 9.17) is 4.74 Å². The molecule has 28 heavy (non-hydrogen) atoms. The van der Waals surface area contributed by atoms with Crippen molar-refractivity contribution in [3.8, 4) is 0 Å². The first-order chi connectivity index (χ1) is 13.5. The number of nitrogens with one attached hydrogen (secondary N) is 2. The molecule has 3 rings (SSSR count). The molecule has 0 bridgehead atoms. The summed E-state index contributed by atoms with van der Waals surface area (Å²) in [7, 11) is -1.65. The van der Waals surface area contributed by atoms with Crippen LogP contribution in [0.3, 0.4) is 0 Å². The molecule has 148 valence electrons. The molecular weight excluding hydrogens is 383 g/mol. The van der Waals surface area contributed by atoms with E-state index in [0.717, 1.165) is 12.0 Å². The average molecular weight is 404 g/mol. The Labute approximate surface area is 164 Å². The van der Waals surface area contributed by atoms with Gasteiger partial charge in [0.1, 0.15) is 23.4 Å². The number of halogens is 1. The molecule has 0 saturated heterocycles. The number of anilines is 1. The van der Waals surface area contributed by atoms with Crippen molar-refractivity contribution in [1.29, 1.82) is 0 Å². The predicted molar refractivity (Wildman–Crippen MR) is 105 cm³/mol. The molecule has 1 heterocycles. The van der Waals surface area contributed by atoms with E-state index in [1.165, 1.54) is 29.8 Å². The fraction of sp³-hybridized carbons (Fsp3) is 0.300. The van der Waals surface area contributed by atoms with Crippen LogP contribution in [-0.4, -0.2) is 40.7 Å². The largest absolute Gasteiger partial charge is 0.371 e. The van der Waals surface area contributed by atoms with Gasteiger partial charge in [0.25, 0.3) is 0 Å².